The lowest BCUT2D eigenvalue weighted by Gasteiger charge is -2.18. The molecule has 1 aromatic heterocycles. The summed E-state index contributed by atoms with van der Waals surface area (Å²) in [6, 6.07) is 10.5. The van der Waals surface area contributed by atoms with Gasteiger partial charge in [0, 0.05) is 44.5 Å². The Kier molecular flexibility index (Phi) is 5.13. The van der Waals surface area contributed by atoms with Crippen molar-refractivity contribution in [2.24, 2.45) is 0 Å². The fourth-order valence-electron chi connectivity index (χ4n) is 2.98. The van der Waals surface area contributed by atoms with E-state index in [9.17, 15) is 13.2 Å². The standard InChI is InChI=1S/C18H22N4O3S/c1-21(2)17-15(7-4-9-19-17)13-20-18(23)14-6-3-8-16(12-14)22-10-5-11-26(22,24)25/h3-4,6-9,12H,5,10-11,13H2,1-2H3,(H,20,23). The van der Waals surface area contributed by atoms with Gasteiger partial charge in [-0.15, -0.1) is 0 Å². The molecule has 0 unspecified atom stereocenters. The van der Waals surface area contributed by atoms with Gasteiger partial charge in [-0.1, -0.05) is 12.1 Å². The Morgan fingerprint density at radius 1 is 1.27 bits per heavy atom. The summed E-state index contributed by atoms with van der Waals surface area (Å²) < 4.78 is 25.5. The second-order valence-electron chi connectivity index (χ2n) is 6.36. The van der Waals surface area contributed by atoms with Gasteiger partial charge in [-0.2, -0.15) is 0 Å². The Morgan fingerprint density at radius 2 is 2.08 bits per heavy atom. The predicted octanol–water partition coefficient (Wildman–Crippen LogP) is 1.62. The molecule has 0 spiro atoms. The molecule has 1 amide bonds. The number of hydrogen-bond donors (Lipinski definition) is 1. The minimum Gasteiger partial charge on any atom is -0.362 e. The molecular formula is C18H22N4O3S. The summed E-state index contributed by atoms with van der Waals surface area (Å²) >= 11 is 0. The van der Waals surface area contributed by atoms with Gasteiger partial charge in [0.25, 0.3) is 5.91 Å². The van der Waals surface area contributed by atoms with Crippen molar-refractivity contribution in [1.29, 1.82) is 0 Å². The van der Waals surface area contributed by atoms with Crippen molar-refractivity contribution >= 4 is 27.4 Å². The Bertz CT molecular complexity index is 912. The molecule has 138 valence electrons. The minimum atomic E-state index is -3.27. The highest BCUT2D eigenvalue weighted by molar-refractivity contribution is 7.93. The van der Waals surface area contributed by atoms with Crippen molar-refractivity contribution in [1.82, 2.24) is 10.3 Å². The van der Waals surface area contributed by atoms with Crippen molar-refractivity contribution < 1.29 is 13.2 Å². The number of carbonyl (C=O) groups excluding carboxylic acids is 1. The Morgan fingerprint density at radius 3 is 2.77 bits per heavy atom. The van der Waals surface area contributed by atoms with Crippen molar-refractivity contribution in [3.8, 4) is 0 Å². The first-order valence-corrected chi connectivity index (χ1v) is 9.99. The van der Waals surface area contributed by atoms with Crippen molar-refractivity contribution in [2.75, 3.05) is 35.6 Å². The lowest BCUT2D eigenvalue weighted by Crippen LogP contribution is -2.27. The van der Waals surface area contributed by atoms with Crippen LogP contribution < -0.4 is 14.5 Å². The minimum absolute atomic E-state index is 0.151. The van der Waals surface area contributed by atoms with Crippen molar-refractivity contribution in [2.45, 2.75) is 13.0 Å². The largest absolute Gasteiger partial charge is 0.362 e. The first-order chi connectivity index (χ1) is 12.4. The zero-order chi connectivity index (χ0) is 18.7. The third-order valence-electron chi connectivity index (χ3n) is 4.23. The van der Waals surface area contributed by atoms with Crippen LogP contribution in [0.25, 0.3) is 0 Å². The maximum atomic E-state index is 12.5. The van der Waals surface area contributed by atoms with E-state index in [2.05, 4.69) is 10.3 Å². The Hall–Kier alpha value is -2.61. The van der Waals surface area contributed by atoms with Gasteiger partial charge >= 0.3 is 0 Å². The summed E-state index contributed by atoms with van der Waals surface area (Å²) in [7, 11) is 0.528. The third-order valence-corrected chi connectivity index (χ3v) is 6.10. The van der Waals surface area contributed by atoms with Crippen LogP contribution in [0, 0.1) is 0 Å². The number of amides is 1. The first-order valence-electron chi connectivity index (χ1n) is 8.38. The molecule has 2 heterocycles. The molecule has 8 heteroatoms. The van der Waals surface area contributed by atoms with Crippen LogP contribution in [0.4, 0.5) is 11.5 Å². The van der Waals surface area contributed by atoms with Crippen LogP contribution in [0.2, 0.25) is 0 Å². The lowest BCUT2D eigenvalue weighted by molar-refractivity contribution is 0.0951. The van der Waals surface area contributed by atoms with Crippen LogP contribution >= 0.6 is 0 Å². The van der Waals surface area contributed by atoms with Gasteiger partial charge in [0.15, 0.2) is 0 Å². The van der Waals surface area contributed by atoms with Crippen LogP contribution in [0.3, 0.4) is 0 Å². The molecule has 2 aromatic rings. The molecule has 0 saturated carbocycles. The van der Waals surface area contributed by atoms with E-state index in [0.717, 1.165) is 11.4 Å². The number of nitrogens with zero attached hydrogens (tertiary/aromatic N) is 3. The maximum Gasteiger partial charge on any atom is 0.251 e. The normalized spacial score (nSPS) is 15.7. The molecule has 1 fully saturated rings. The highest BCUT2D eigenvalue weighted by Crippen LogP contribution is 2.24. The molecule has 1 aromatic carbocycles. The van der Waals surface area contributed by atoms with Crippen molar-refractivity contribution in [3.05, 3.63) is 53.7 Å². The summed E-state index contributed by atoms with van der Waals surface area (Å²) in [6.07, 6.45) is 2.31. The molecule has 1 N–H and O–H groups in total. The number of nitrogens with one attached hydrogen (secondary N) is 1. The Balaban J connectivity index is 1.74. The molecule has 0 radical (unpaired) electrons. The number of benzene rings is 1. The molecule has 3 rings (SSSR count). The van der Waals surface area contributed by atoms with Gasteiger partial charge in [0.05, 0.1) is 11.4 Å². The van der Waals surface area contributed by atoms with Crippen LogP contribution in [0.5, 0.6) is 0 Å². The lowest BCUT2D eigenvalue weighted by atomic mass is 10.1. The van der Waals surface area contributed by atoms with E-state index in [1.165, 1.54) is 4.31 Å². The van der Waals surface area contributed by atoms with Gasteiger partial charge in [-0.05, 0) is 30.7 Å². The van der Waals surface area contributed by atoms with Gasteiger partial charge in [0.2, 0.25) is 10.0 Å². The van der Waals surface area contributed by atoms with E-state index < -0.39 is 10.0 Å². The molecular weight excluding hydrogens is 352 g/mol. The molecule has 0 atom stereocenters. The molecule has 0 aliphatic carbocycles. The summed E-state index contributed by atoms with van der Waals surface area (Å²) in [5.41, 5.74) is 1.87. The van der Waals surface area contributed by atoms with Crippen LogP contribution in [0.1, 0.15) is 22.3 Å². The Labute approximate surface area is 153 Å². The monoisotopic (exact) mass is 374 g/mol. The molecule has 0 bridgehead atoms. The highest BCUT2D eigenvalue weighted by Gasteiger charge is 2.28. The number of pyridine rings is 1. The third kappa shape index (κ3) is 3.80. The van der Waals surface area contributed by atoms with E-state index in [1.807, 2.05) is 31.1 Å². The highest BCUT2D eigenvalue weighted by atomic mass is 32.2. The number of hydrogen-bond acceptors (Lipinski definition) is 5. The SMILES string of the molecule is CN(C)c1ncccc1CNC(=O)c1cccc(N2CCCS2(=O)=O)c1. The summed E-state index contributed by atoms with van der Waals surface area (Å²) in [5, 5.41) is 2.88. The fraction of sp³-hybridized carbons (Fsp3) is 0.333. The van der Waals surface area contributed by atoms with E-state index in [-0.39, 0.29) is 11.7 Å². The van der Waals surface area contributed by atoms with E-state index in [1.54, 1.807) is 30.5 Å². The number of anilines is 2. The molecule has 26 heavy (non-hydrogen) atoms. The maximum absolute atomic E-state index is 12.5. The molecule has 1 aliphatic rings. The zero-order valence-electron chi connectivity index (χ0n) is 14.8. The second kappa shape index (κ2) is 7.33. The average Bonchev–Trinajstić information content (AvgIpc) is 2.99. The van der Waals surface area contributed by atoms with Gasteiger partial charge in [-0.3, -0.25) is 9.10 Å². The molecule has 7 nitrogen and oxygen atoms in total. The second-order valence-corrected chi connectivity index (χ2v) is 8.37. The summed E-state index contributed by atoms with van der Waals surface area (Å²) in [5.74, 6) is 0.694. The smallest absolute Gasteiger partial charge is 0.251 e. The predicted molar refractivity (Wildman–Crippen MR) is 102 cm³/mol. The molecule has 1 aliphatic heterocycles. The molecule has 1 saturated heterocycles. The van der Waals surface area contributed by atoms with Gasteiger partial charge < -0.3 is 10.2 Å². The van der Waals surface area contributed by atoms with E-state index >= 15 is 0 Å². The number of aromatic nitrogens is 1. The zero-order valence-corrected chi connectivity index (χ0v) is 15.7. The summed E-state index contributed by atoms with van der Waals surface area (Å²) in [4.78, 5) is 18.7. The van der Waals surface area contributed by atoms with Crippen molar-refractivity contribution in [3.63, 3.8) is 0 Å². The van der Waals surface area contributed by atoms with Gasteiger partial charge in [0.1, 0.15) is 5.82 Å². The number of carbonyl (C=O) groups is 1. The van der Waals surface area contributed by atoms with E-state index in [0.29, 0.717) is 30.8 Å². The first kappa shape index (κ1) is 18.2. The van der Waals surface area contributed by atoms with Gasteiger partial charge in [-0.25, -0.2) is 13.4 Å². The number of sulfonamides is 1. The van der Waals surface area contributed by atoms with Crippen LogP contribution in [0.15, 0.2) is 42.6 Å². The van der Waals surface area contributed by atoms with Crippen LogP contribution in [-0.2, 0) is 16.6 Å². The van der Waals surface area contributed by atoms with Crippen LogP contribution in [-0.4, -0.2) is 45.7 Å². The fourth-order valence-corrected chi connectivity index (χ4v) is 4.54. The summed E-state index contributed by atoms with van der Waals surface area (Å²) in [6.45, 7) is 0.793. The topological polar surface area (TPSA) is 82.6 Å². The average molecular weight is 374 g/mol. The quantitative estimate of drug-likeness (QED) is 0.860. The number of rotatable bonds is 5. The van der Waals surface area contributed by atoms with E-state index in [4.69, 9.17) is 0 Å².